The molecule has 0 radical (unpaired) electrons. The fourth-order valence-electron chi connectivity index (χ4n) is 4.93. The number of hydrogen-bond acceptors (Lipinski definition) is 7. The Kier molecular flexibility index (Phi) is 5.50. The Bertz CT molecular complexity index is 1270. The maximum Gasteiger partial charge on any atom is 0.241 e. The molecule has 1 saturated heterocycles. The van der Waals surface area contributed by atoms with Crippen molar-refractivity contribution in [3.05, 3.63) is 60.4 Å². The van der Waals surface area contributed by atoms with Crippen LogP contribution in [0.5, 0.6) is 0 Å². The summed E-state index contributed by atoms with van der Waals surface area (Å²) < 4.78 is 9.35. The highest BCUT2D eigenvalue weighted by Gasteiger charge is 2.27. The van der Waals surface area contributed by atoms with Gasteiger partial charge in [-0.3, -0.25) is 9.67 Å². The molecule has 0 aromatic carbocycles. The van der Waals surface area contributed by atoms with Crippen molar-refractivity contribution in [3.63, 3.8) is 0 Å². The summed E-state index contributed by atoms with van der Waals surface area (Å²) in [5.41, 5.74) is 5.19. The number of aromatic nitrogens is 6. The molecule has 6 rings (SSSR count). The van der Waals surface area contributed by atoms with Gasteiger partial charge in [0.2, 0.25) is 5.95 Å². The lowest BCUT2D eigenvalue weighted by Gasteiger charge is -2.25. The van der Waals surface area contributed by atoms with Crippen molar-refractivity contribution in [2.45, 2.75) is 56.7 Å². The Morgan fingerprint density at radius 2 is 1.97 bits per heavy atom. The minimum absolute atomic E-state index is 0.0233. The predicted octanol–water partition coefficient (Wildman–Crippen LogP) is 3.75. The number of ether oxygens (including phenoxy) is 1. The van der Waals surface area contributed by atoms with Crippen LogP contribution >= 0.6 is 0 Å². The smallest absolute Gasteiger partial charge is 0.241 e. The highest BCUT2D eigenvalue weighted by molar-refractivity contribution is 5.81. The van der Waals surface area contributed by atoms with Gasteiger partial charge >= 0.3 is 0 Å². The Morgan fingerprint density at radius 3 is 2.71 bits per heavy atom. The van der Waals surface area contributed by atoms with Crippen LogP contribution in [-0.2, 0) is 4.74 Å². The maximum absolute atomic E-state index is 10.0. The van der Waals surface area contributed by atoms with E-state index >= 15 is 0 Å². The van der Waals surface area contributed by atoms with Gasteiger partial charge in [0.15, 0.2) is 0 Å². The van der Waals surface area contributed by atoms with Gasteiger partial charge in [-0.2, -0.15) is 5.10 Å². The van der Waals surface area contributed by atoms with Crippen molar-refractivity contribution in [3.8, 4) is 11.1 Å². The summed E-state index contributed by atoms with van der Waals surface area (Å²) in [4.78, 5) is 9.08. The van der Waals surface area contributed by atoms with Gasteiger partial charge in [-0.25, -0.2) is 9.50 Å². The van der Waals surface area contributed by atoms with Crippen LogP contribution in [0.4, 0.5) is 5.95 Å². The summed E-state index contributed by atoms with van der Waals surface area (Å²) in [6, 6.07) is 8.40. The summed E-state index contributed by atoms with van der Waals surface area (Å²) in [5.74, 6) is 0.905. The van der Waals surface area contributed by atoms with E-state index in [2.05, 4.69) is 39.6 Å². The van der Waals surface area contributed by atoms with Crippen LogP contribution < -0.4 is 5.32 Å². The SMILES string of the molecule is C[C@H](Nc1ncc2c(-c3cnn(C4COC4)c3)cc(C3CCC(O)CC3)n2n1)c1ccccn1. The molecular weight excluding hydrogens is 430 g/mol. The standard InChI is InChI=1S/C25H29N7O2/c1-16(22-4-2-3-9-26-22)29-25-27-12-24-21(18-11-28-31(13-18)19-14-34-15-19)10-23(32(24)30-25)17-5-7-20(33)8-6-17/h2-4,9-13,16-17,19-20,33H,5-8,14-15H2,1H3,(H,29,30)/t16-,17?,20?/m0/s1. The highest BCUT2D eigenvalue weighted by Crippen LogP contribution is 2.38. The first kappa shape index (κ1) is 21.2. The Labute approximate surface area is 197 Å². The number of rotatable bonds is 6. The van der Waals surface area contributed by atoms with Crippen LogP contribution in [0.2, 0.25) is 0 Å². The normalized spacial score (nSPS) is 21.9. The summed E-state index contributed by atoms with van der Waals surface area (Å²) >= 11 is 0. The number of aliphatic hydroxyl groups excluding tert-OH is 1. The average molecular weight is 460 g/mol. The molecule has 0 unspecified atom stereocenters. The van der Waals surface area contributed by atoms with Crippen LogP contribution in [0.15, 0.2) is 49.1 Å². The molecule has 176 valence electrons. The molecule has 2 aliphatic rings. The van der Waals surface area contributed by atoms with E-state index in [4.69, 9.17) is 9.84 Å². The van der Waals surface area contributed by atoms with Gasteiger partial charge in [0.05, 0.1) is 55.0 Å². The lowest BCUT2D eigenvalue weighted by molar-refractivity contribution is -0.0286. The van der Waals surface area contributed by atoms with Crippen molar-refractivity contribution in [2.75, 3.05) is 18.5 Å². The molecule has 0 amide bonds. The van der Waals surface area contributed by atoms with Gasteiger partial charge in [-0.1, -0.05) is 6.07 Å². The van der Waals surface area contributed by atoms with Gasteiger partial charge in [0.25, 0.3) is 0 Å². The number of aliphatic hydroxyl groups is 1. The lowest BCUT2D eigenvalue weighted by Crippen LogP contribution is -2.30. The second kappa shape index (κ2) is 8.81. The largest absolute Gasteiger partial charge is 0.393 e. The summed E-state index contributed by atoms with van der Waals surface area (Å²) in [5, 5.41) is 22.9. The first-order valence-corrected chi connectivity index (χ1v) is 12.0. The van der Waals surface area contributed by atoms with Crippen LogP contribution in [0.1, 0.15) is 62.0 Å². The molecule has 1 aliphatic heterocycles. The molecule has 1 saturated carbocycles. The van der Waals surface area contributed by atoms with E-state index in [0.29, 0.717) is 31.1 Å². The van der Waals surface area contributed by atoms with Crippen molar-refractivity contribution < 1.29 is 9.84 Å². The van der Waals surface area contributed by atoms with Crippen LogP contribution in [0.3, 0.4) is 0 Å². The third-order valence-electron chi connectivity index (χ3n) is 7.04. The van der Waals surface area contributed by atoms with Crippen molar-refractivity contribution in [2.24, 2.45) is 0 Å². The minimum Gasteiger partial charge on any atom is -0.393 e. The molecule has 9 heteroatoms. The van der Waals surface area contributed by atoms with E-state index < -0.39 is 0 Å². The third kappa shape index (κ3) is 3.95. The fraction of sp³-hybridized carbons (Fsp3) is 0.440. The quantitative estimate of drug-likeness (QED) is 0.453. The van der Waals surface area contributed by atoms with E-state index in [1.54, 1.807) is 6.20 Å². The lowest BCUT2D eigenvalue weighted by atomic mass is 9.85. The van der Waals surface area contributed by atoms with Crippen LogP contribution in [0, 0.1) is 0 Å². The minimum atomic E-state index is -0.198. The zero-order chi connectivity index (χ0) is 23.1. The number of hydrogen-bond donors (Lipinski definition) is 2. The van der Waals surface area contributed by atoms with Gasteiger partial charge in [0.1, 0.15) is 0 Å². The molecule has 2 N–H and O–H groups in total. The molecular formula is C25H29N7O2. The van der Waals surface area contributed by atoms with Crippen molar-refractivity contribution >= 4 is 11.5 Å². The molecule has 4 aromatic rings. The molecule has 2 fully saturated rings. The number of fused-ring (bicyclic) bond motifs is 1. The Morgan fingerprint density at radius 1 is 1.12 bits per heavy atom. The van der Waals surface area contributed by atoms with Crippen molar-refractivity contribution in [1.82, 2.24) is 29.4 Å². The molecule has 0 spiro atoms. The highest BCUT2D eigenvalue weighted by atomic mass is 16.5. The number of nitrogens with one attached hydrogen (secondary N) is 1. The topological polar surface area (TPSA) is 102 Å². The molecule has 34 heavy (non-hydrogen) atoms. The van der Waals surface area contributed by atoms with Crippen LogP contribution in [0.25, 0.3) is 16.6 Å². The van der Waals surface area contributed by atoms with Gasteiger partial charge in [0, 0.05) is 35.1 Å². The average Bonchev–Trinajstić information content (AvgIpc) is 3.44. The Balaban J connectivity index is 1.37. The monoisotopic (exact) mass is 459 g/mol. The maximum atomic E-state index is 10.0. The molecule has 0 bridgehead atoms. The molecule has 4 aromatic heterocycles. The summed E-state index contributed by atoms with van der Waals surface area (Å²) in [6.07, 6.45) is 11.0. The summed E-state index contributed by atoms with van der Waals surface area (Å²) in [6.45, 7) is 3.47. The van der Waals surface area contributed by atoms with E-state index in [1.807, 2.05) is 39.8 Å². The van der Waals surface area contributed by atoms with E-state index in [0.717, 1.165) is 53.7 Å². The van der Waals surface area contributed by atoms with Crippen LogP contribution in [-0.4, -0.2) is 53.8 Å². The summed E-state index contributed by atoms with van der Waals surface area (Å²) in [7, 11) is 0. The van der Waals surface area contributed by atoms with E-state index in [-0.39, 0.29) is 12.1 Å². The van der Waals surface area contributed by atoms with Gasteiger partial charge in [-0.15, -0.1) is 5.10 Å². The fourth-order valence-corrected chi connectivity index (χ4v) is 4.93. The number of anilines is 1. The number of pyridine rings is 1. The van der Waals surface area contributed by atoms with E-state index in [9.17, 15) is 5.11 Å². The van der Waals surface area contributed by atoms with Gasteiger partial charge < -0.3 is 15.2 Å². The zero-order valence-electron chi connectivity index (χ0n) is 19.2. The number of nitrogens with zero attached hydrogens (tertiary/aromatic N) is 6. The first-order chi connectivity index (χ1) is 16.7. The van der Waals surface area contributed by atoms with E-state index in [1.165, 1.54) is 0 Å². The molecule has 5 heterocycles. The molecule has 9 nitrogen and oxygen atoms in total. The third-order valence-corrected chi connectivity index (χ3v) is 7.04. The second-order valence-corrected chi connectivity index (χ2v) is 9.39. The first-order valence-electron chi connectivity index (χ1n) is 12.0. The predicted molar refractivity (Wildman–Crippen MR) is 128 cm³/mol. The molecule has 1 aliphatic carbocycles. The van der Waals surface area contributed by atoms with Crippen molar-refractivity contribution in [1.29, 1.82) is 0 Å². The molecule has 1 atom stereocenters. The zero-order valence-corrected chi connectivity index (χ0v) is 19.2. The van der Waals surface area contributed by atoms with Gasteiger partial charge in [-0.05, 0) is 50.8 Å². The Hall–Kier alpha value is -3.30. The second-order valence-electron chi connectivity index (χ2n) is 9.39.